The lowest BCUT2D eigenvalue weighted by Crippen LogP contribution is -2.38. The lowest BCUT2D eigenvalue weighted by Gasteiger charge is -2.41. The Balaban J connectivity index is 2.08. The Bertz CT molecular complexity index is 533. The molecule has 19 heavy (non-hydrogen) atoms. The van der Waals surface area contributed by atoms with Crippen LogP contribution in [0.2, 0.25) is 5.02 Å². The second-order valence-electron chi connectivity index (χ2n) is 5.08. The first-order valence-corrected chi connectivity index (χ1v) is 6.58. The van der Waals surface area contributed by atoms with Gasteiger partial charge in [0, 0.05) is 11.6 Å². The first kappa shape index (κ1) is 13.7. The molecule has 2 N–H and O–H groups in total. The second kappa shape index (κ2) is 5.50. The second-order valence-corrected chi connectivity index (χ2v) is 5.52. The van der Waals surface area contributed by atoms with Crippen LogP contribution in [0.1, 0.15) is 31.2 Å². The van der Waals surface area contributed by atoms with Gasteiger partial charge in [0.15, 0.2) is 0 Å². The number of benzene rings is 1. The lowest BCUT2D eigenvalue weighted by atomic mass is 9.66. The number of halogens is 1. The summed E-state index contributed by atoms with van der Waals surface area (Å²) >= 11 is 5.91. The molecule has 0 unspecified atom stereocenters. The number of rotatable bonds is 5. The summed E-state index contributed by atoms with van der Waals surface area (Å²) < 4.78 is 0. The molecular weight excluding hydrogens is 264 g/mol. The van der Waals surface area contributed by atoms with Gasteiger partial charge in [0.1, 0.15) is 6.07 Å². The van der Waals surface area contributed by atoms with E-state index in [1.54, 1.807) is 18.2 Å². The van der Waals surface area contributed by atoms with E-state index >= 15 is 0 Å². The number of nitrogens with one attached hydrogen (secondary N) is 1. The third-order valence-electron chi connectivity index (χ3n) is 3.70. The van der Waals surface area contributed by atoms with Crippen molar-refractivity contribution < 1.29 is 9.90 Å². The number of hydrogen-bond donors (Lipinski definition) is 2. The fraction of sp³-hybridized carbons (Fsp3) is 0.429. The Morgan fingerprint density at radius 1 is 1.53 bits per heavy atom. The molecule has 0 aliphatic heterocycles. The number of carbonyl (C=O) groups is 1. The topological polar surface area (TPSA) is 73.1 Å². The van der Waals surface area contributed by atoms with E-state index in [1.807, 2.05) is 0 Å². The van der Waals surface area contributed by atoms with Crippen LogP contribution in [-0.4, -0.2) is 17.6 Å². The third-order valence-corrected chi connectivity index (χ3v) is 3.93. The number of carboxylic acid groups (broad SMARTS) is 1. The maximum absolute atomic E-state index is 10.9. The maximum Gasteiger partial charge on any atom is 0.303 e. The van der Waals surface area contributed by atoms with Crippen LogP contribution in [0, 0.1) is 16.7 Å². The molecule has 1 aromatic carbocycles. The first-order valence-electron chi connectivity index (χ1n) is 6.20. The number of nitriles is 1. The summed E-state index contributed by atoms with van der Waals surface area (Å²) in [6.07, 6.45) is 3.06. The third kappa shape index (κ3) is 3.18. The summed E-state index contributed by atoms with van der Waals surface area (Å²) in [6, 6.07) is 7.13. The molecule has 0 amide bonds. The zero-order valence-electron chi connectivity index (χ0n) is 10.4. The molecular formula is C14H15ClN2O2. The predicted octanol–water partition coefficient (Wildman–Crippen LogP) is 3.27. The van der Waals surface area contributed by atoms with Crippen LogP contribution in [0.4, 0.5) is 5.69 Å². The minimum absolute atomic E-state index is 0.169. The lowest BCUT2D eigenvalue weighted by molar-refractivity contribution is -0.141. The summed E-state index contributed by atoms with van der Waals surface area (Å²) in [5.74, 6) is -0.770. The van der Waals surface area contributed by atoms with E-state index in [9.17, 15) is 4.79 Å². The zero-order valence-corrected chi connectivity index (χ0v) is 11.2. The van der Waals surface area contributed by atoms with Crippen LogP contribution < -0.4 is 5.32 Å². The number of carboxylic acids is 1. The van der Waals surface area contributed by atoms with Gasteiger partial charge in [-0.3, -0.25) is 4.79 Å². The highest BCUT2D eigenvalue weighted by molar-refractivity contribution is 6.30. The van der Waals surface area contributed by atoms with Gasteiger partial charge < -0.3 is 10.4 Å². The molecule has 0 bridgehead atoms. The van der Waals surface area contributed by atoms with Gasteiger partial charge in [0.2, 0.25) is 0 Å². The van der Waals surface area contributed by atoms with Crippen molar-refractivity contribution in [3.8, 4) is 6.07 Å². The molecule has 0 heterocycles. The van der Waals surface area contributed by atoms with Crippen LogP contribution in [0.25, 0.3) is 0 Å². The molecule has 1 aliphatic rings. The Morgan fingerprint density at radius 2 is 2.26 bits per heavy atom. The Kier molecular flexibility index (Phi) is 3.96. The predicted molar refractivity (Wildman–Crippen MR) is 73.2 cm³/mol. The molecule has 1 aliphatic carbocycles. The molecule has 1 fully saturated rings. The zero-order chi connectivity index (χ0) is 13.9. The highest BCUT2D eigenvalue weighted by atomic mass is 35.5. The fourth-order valence-corrected chi connectivity index (χ4v) is 2.63. The van der Waals surface area contributed by atoms with Crippen molar-refractivity contribution in [3.05, 3.63) is 28.8 Å². The molecule has 0 aromatic heterocycles. The van der Waals surface area contributed by atoms with E-state index in [4.69, 9.17) is 22.0 Å². The fourth-order valence-electron chi connectivity index (χ4n) is 2.46. The van der Waals surface area contributed by atoms with Gasteiger partial charge >= 0.3 is 5.97 Å². The molecule has 0 atom stereocenters. The van der Waals surface area contributed by atoms with Gasteiger partial charge in [-0.05, 0) is 36.5 Å². The summed E-state index contributed by atoms with van der Waals surface area (Å²) in [4.78, 5) is 10.9. The molecule has 4 nitrogen and oxygen atoms in total. The minimum atomic E-state index is -0.770. The van der Waals surface area contributed by atoms with Crippen molar-refractivity contribution in [2.45, 2.75) is 25.7 Å². The summed E-state index contributed by atoms with van der Waals surface area (Å²) in [5.41, 5.74) is 1.02. The van der Waals surface area contributed by atoms with Crippen LogP contribution in [0.5, 0.6) is 0 Å². The average Bonchev–Trinajstić information content (AvgIpc) is 2.32. The molecule has 100 valence electrons. The Labute approximate surface area is 117 Å². The molecule has 1 saturated carbocycles. The molecule has 1 aromatic rings. The van der Waals surface area contributed by atoms with E-state index in [0.29, 0.717) is 22.8 Å². The van der Waals surface area contributed by atoms with Gasteiger partial charge in [-0.2, -0.15) is 5.26 Å². The minimum Gasteiger partial charge on any atom is -0.481 e. The SMILES string of the molecule is N#Cc1ccc(Cl)cc1NCC1(CC(=O)O)CCC1. The van der Waals surface area contributed by atoms with Gasteiger partial charge in [-0.1, -0.05) is 18.0 Å². The molecule has 0 saturated heterocycles. The van der Waals surface area contributed by atoms with Gasteiger partial charge in [0.05, 0.1) is 17.7 Å². The van der Waals surface area contributed by atoms with E-state index in [0.717, 1.165) is 19.3 Å². The summed E-state index contributed by atoms with van der Waals surface area (Å²) in [5, 5.41) is 21.7. The number of aliphatic carboxylic acids is 1. The van der Waals surface area contributed by atoms with Gasteiger partial charge in [-0.25, -0.2) is 0 Å². The molecule has 5 heteroatoms. The van der Waals surface area contributed by atoms with Crippen molar-refractivity contribution in [3.63, 3.8) is 0 Å². The van der Waals surface area contributed by atoms with E-state index in [2.05, 4.69) is 11.4 Å². The molecule has 2 rings (SSSR count). The maximum atomic E-state index is 10.9. The van der Waals surface area contributed by atoms with Crippen molar-refractivity contribution in [2.75, 3.05) is 11.9 Å². The van der Waals surface area contributed by atoms with Gasteiger partial charge in [-0.15, -0.1) is 0 Å². The normalized spacial score (nSPS) is 16.2. The summed E-state index contributed by atoms with van der Waals surface area (Å²) in [7, 11) is 0. The quantitative estimate of drug-likeness (QED) is 0.867. The van der Waals surface area contributed by atoms with Crippen LogP contribution >= 0.6 is 11.6 Å². The number of nitrogens with zero attached hydrogens (tertiary/aromatic N) is 1. The van der Waals surface area contributed by atoms with Crippen molar-refractivity contribution in [1.29, 1.82) is 5.26 Å². The van der Waals surface area contributed by atoms with Crippen molar-refractivity contribution in [1.82, 2.24) is 0 Å². The Morgan fingerprint density at radius 3 is 2.79 bits per heavy atom. The van der Waals surface area contributed by atoms with Crippen LogP contribution in [0.3, 0.4) is 0 Å². The highest BCUT2D eigenvalue weighted by Crippen LogP contribution is 2.44. The average molecular weight is 279 g/mol. The van der Waals surface area contributed by atoms with Crippen LogP contribution in [-0.2, 0) is 4.79 Å². The van der Waals surface area contributed by atoms with E-state index in [-0.39, 0.29) is 11.8 Å². The Hall–Kier alpha value is -1.73. The van der Waals surface area contributed by atoms with Gasteiger partial charge in [0.25, 0.3) is 0 Å². The van der Waals surface area contributed by atoms with Crippen molar-refractivity contribution in [2.24, 2.45) is 5.41 Å². The largest absolute Gasteiger partial charge is 0.481 e. The standard InChI is InChI=1S/C14H15ClN2O2/c15-11-3-2-10(8-16)12(6-11)17-9-14(4-1-5-14)7-13(18)19/h2-3,6,17H,1,4-5,7,9H2,(H,18,19). The van der Waals surface area contributed by atoms with E-state index in [1.165, 1.54) is 0 Å². The number of hydrogen-bond acceptors (Lipinski definition) is 3. The summed E-state index contributed by atoms with van der Waals surface area (Å²) in [6.45, 7) is 0.564. The van der Waals surface area contributed by atoms with Crippen molar-refractivity contribution >= 4 is 23.3 Å². The van der Waals surface area contributed by atoms with E-state index < -0.39 is 5.97 Å². The van der Waals surface area contributed by atoms with Crippen LogP contribution in [0.15, 0.2) is 18.2 Å². The monoisotopic (exact) mass is 278 g/mol. The number of anilines is 1. The highest BCUT2D eigenvalue weighted by Gasteiger charge is 2.38. The molecule has 0 spiro atoms. The smallest absolute Gasteiger partial charge is 0.303 e. The first-order chi connectivity index (χ1) is 9.04. The molecule has 0 radical (unpaired) electrons.